The number of benzene rings is 2. The van der Waals surface area contributed by atoms with Gasteiger partial charge in [-0.1, -0.05) is 22.0 Å². The average molecular weight is 467 g/mol. The van der Waals surface area contributed by atoms with E-state index in [2.05, 4.69) is 26.5 Å². The van der Waals surface area contributed by atoms with Crippen molar-refractivity contribution in [1.29, 1.82) is 0 Å². The molecule has 0 radical (unpaired) electrons. The Hall–Kier alpha value is -3.65. The van der Waals surface area contributed by atoms with Crippen LogP contribution in [0.25, 0.3) is 22.3 Å². The average Bonchev–Trinajstić information content (AvgIpc) is 3.34. The van der Waals surface area contributed by atoms with Crippen LogP contribution in [0.4, 0.5) is 0 Å². The Morgan fingerprint density at radius 2 is 1.90 bits per heavy atom. The number of aryl methyl sites for hydroxylation is 1. The predicted octanol–water partition coefficient (Wildman–Crippen LogP) is 5.23. The van der Waals surface area contributed by atoms with Crippen molar-refractivity contribution >= 4 is 45.0 Å². The van der Waals surface area contributed by atoms with Gasteiger partial charge in [0, 0.05) is 15.4 Å². The van der Waals surface area contributed by atoms with Crippen LogP contribution in [-0.2, 0) is 0 Å². The summed E-state index contributed by atoms with van der Waals surface area (Å²) in [6.07, 6.45) is 1.38. The standard InChI is InChI=1S/C22H15BrN2O5/c1-12-8-13(22(27)28)2-5-17(12)19-7-4-16(29-19)11-24-25-21(26)20-10-14-9-15(23)3-6-18(14)30-20/h2-11H,1H3,(H,25,26)(H,27,28)/b24-11+. The van der Waals surface area contributed by atoms with Gasteiger partial charge in [-0.15, -0.1) is 0 Å². The molecule has 7 nitrogen and oxygen atoms in total. The monoisotopic (exact) mass is 466 g/mol. The van der Waals surface area contributed by atoms with Crippen molar-refractivity contribution in [3.05, 3.63) is 81.7 Å². The SMILES string of the molecule is Cc1cc(C(=O)O)ccc1-c1ccc(/C=N/NC(=O)c2cc3cc(Br)ccc3o2)o1. The third kappa shape index (κ3) is 4.04. The maximum Gasteiger partial charge on any atom is 0.335 e. The smallest absolute Gasteiger partial charge is 0.335 e. The van der Waals surface area contributed by atoms with Gasteiger partial charge in [-0.3, -0.25) is 4.79 Å². The molecule has 1 amide bonds. The van der Waals surface area contributed by atoms with Gasteiger partial charge in [0.05, 0.1) is 11.8 Å². The molecular weight excluding hydrogens is 452 g/mol. The topological polar surface area (TPSA) is 105 Å². The van der Waals surface area contributed by atoms with Gasteiger partial charge in [-0.25, -0.2) is 10.2 Å². The van der Waals surface area contributed by atoms with E-state index in [0.717, 1.165) is 21.0 Å². The number of aromatic carboxylic acids is 1. The highest BCUT2D eigenvalue weighted by atomic mass is 79.9. The Kier molecular flexibility index (Phi) is 5.24. The molecule has 30 heavy (non-hydrogen) atoms. The second-order valence-corrected chi connectivity index (χ2v) is 7.44. The van der Waals surface area contributed by atoms with Crippen LogP contribution in [0, 0.1) is 6.92 Å². The molecule has 0 bridgehead atoms. The lowest BCUT2D eigenvalue weighted by atomic mass is 10.0. The van der Waals surface area contributed by atoms with Gasteiger partial charge in [0.2, 0.25) is 0 Å². The van der Waals surface area contributed by atoms with Crippen LogP contribution in [0.15, 0.2) is 73.0 Å². The fraction of sp³-hybridized carbons (Fsp3) is 0.0455. The number of rotatable bonds is 5. The number of fused-ring (bicyclic) bond motifs is 1. The number of carboxylic acids is 1. The van der Waals surface area contributed by atoms with E-state index in [9.17, 15) is 9.59 Å². The summed E-state index contributed by atoms with van der Waals surface area (Å²) in [7, 11) is 0. The molecule has 2 heterocycles. The van der Waals surface area contributed by atoms with E-state index in [-0.39, 0.29) is 11.3 Å². The van der Waals surface area contributed by atoms with E-state index >= 15 is 0 Å². The van der Waals surface area contributed by atoms with Crippen LogP contribution < -0.4 is 5.43 Å². The lowest BCUT2D eigenvalue weighted by molar-refractivity contribution is 0.0696. The molecular formula is C22H15BrN2O5. The lowest BCUT2D eigenvalue weighted by Crippen LogP contribution is -2.16. The first-order valence-corrected chi connectivity index (χ1v) is 9.66. The molecule has 0 saturated carbocycles. The normalized spacial score (nSPS) is 11.3. The van der Waals surface area contributed by atoms with Gasteiger partial charge in [-0.2, -0.15) is 5.10 Å². The quantitative estimate of drug-likeness (QED) is 0.309. The molecule has 150 valence electrons. The van der Waals surface area contributed by atoms with Crippen LogP contribution in [0.2, 0.25) is 0 Å². The van der Waals surface area contributed by atoms with Crippen molar-refractivity contribution in [1.82, 2.24) is 5.43 Å². The number of carboxylic acid groups (broad SMARTS) is 1. The van der Waals surface area contributed by atoms with Crippen molar-refractivity contribution in [3.63, 3.8) is 0 Å². The molecule has 0 aliphatic rings. The number of furan rings is 2. The number of halogens is 1. The number of hydrogen-bond acceptors (Lipinski definition) is 5. The Labute approximate surface area is 179 Å². The number of nitrogens with zero attached hydrogens (tertiary/aromatic N) is 1. The molecule has 2 aromatic heterocycles. The number of carbonyl (C=O) groups excluding carboxylic acids is 1. The number of hydrazone groups is 1. The van der Waals surface area contributed by atoms with Gasteiger partial charge in [-0.05, 0) is 61.0 Å². The summed E-state index contributed by atoms with van der Waals surface area (Å²) in [6, 6.07) is 15.4. The summed E-state index contributed by atoms with van der Waals surface area (Å²) in [5.41, 5.74) is 4.77. The maximum absolute atomic E-state index is 12.2. The summed E-state index contributed by atoms with van der Waals surface area (Å²) in [6.45, 7) is 1.81. The van der Waals surface area contributed by atoms with Gasteiger partial charge < -0.3 is 13.9 Å². The summed E-state index contributed by atoms with van der Waals surface area (Å²) < 4.78 is 12.1. The van der Waals surface area contributed by atoms with Crippen molar-refractivity contribution in [3.8, 4) is 11.3 Å². The predicted molar refractivity (Wildman–Crippen MR) is 115 cm³/mol. The lowest BCUT2D eigenvalue weighted by Gasteiger charge is -2.03. The van der Waals surface area contributed by atoms with E-state index in [0.29, 0.717) is 17.1 Å². The highest BCUT2D eigenvalue weighted by Gasteiger charge is 2.12. The molecule has 0 spiro atoms. The van der Waals surface area contributed by atoms with E-state index in [4.69, 9.17) is 13.9 Å². The second kappa shape index (κ2) is 8.00. The Bertz CT molecular complexity index is 1300. The van der Waals surface area contributed by atoms with E-state index < -0.39 is 11.9 Å². The molecule has 4 aromatic rings. The van der Waals surface area contributed by atoms with E-state index in [1.165, 1.54) is 12.3 Å². The summed E-state index contributed by atoms with van der Waals surface area (Å²) >= 11 is 3.38. The fourth-order valence-electron chi connectivity index (χ4n) is 2.98. The van der Waals surface area contributed by atoms with Crippen LogP contribution in [0.5, 0.6) is 0 Å². The first-order valence-electron chi connectivity index (χ1n) is 8.87. The van der Waals surface area contributed by atoms with Gasteiger partial charge in [0.15, 0.2) is 5.76 Å². The second-order valence-electron chi connectivity index (χ2n) is 6.53. The zero-order valence-electron chi connectivity index (χ0n) is 15.7. The molecule has 0 atom stereocenters. The third-order valence-electron chi connectivity index (χ3n) is 4.43. The van der Waals surface area contributed by atoms with Crippen molar-refractivity contribution in [2.45, 2.75) is 6.92 Å². The minimum absolute atomic E-state index is 0.148. The fourth-order valence-corrected chi connectivity index (χ4v) is 3.35. The van der Waals surface area contributed by atoms with Crippen LogP contribution in [0.1, 0.15) is 32.2 Å². The molecule has 0 saturated heterocycles. The first kappa shape index (κ1) is 19.7. The summed E-state index contributed by atoms with van der Waals surface area (Å²) in [5, 5.41) is 13.8. The molecule has 2 aromatic carbocycles. The summed E-state index contributed by atoms with van der Waals surface area (Å²) in [4.78, 5) is 23.3. The van der Waals surface area contributed by atoms with E-state index in [1.807, 2.05) is 19.1 Å². The van der Waals surface area contributed by atoms with E-state index in [1.54, 1.807) is 36.4 Å². The molecule has 0 fully saturated rings. The number of hydrogen-bond donors (Lipinski definition) is 2. The van der Waals surface area contributed by atoms with Gasteiger partial charge in [0.25, 0.3) is 0 Å². The Morgan fingerprint density at radius 3 is 2.67 bits per heavy atom. The largest absolute Gasteiger partial charge is 0.478 e. The van der Waals surface area contributed by atoms with Crippen LogP contribution in [0.3, 0.4) is 0 Å². The highest BCUT2D eigenvalue weighted by Crippen LogP contribution is 2.26. The van der Waals surface area contributed by atoms with Crippen LogP contribution in [-0.4, -0.2) is 23.2 Å². The van der Waals surface area contributed by atoms with Gasteiger partial charge in [0.1, 0.15) is 17.1 Å². The van der Waals surface area contributed by atoms with Crippen molar-refractivity contribution in [2.75, 3.05) is 0 Å². The number of carbonyl (C=O) groups is 2. The molecule has 0 aliphatic heterocycles. The minimum atomic E-state index is -0.982. The van der Waals surface area contributed by atoms with Crippen molar-refractivity contribution < 1.29 is 23.5 Å². The zero-order chi connectivity index (χ0) is 21.3. The summed E-state index contributed by atoms with van der Waals surface area (Å²) in [5.74, 6) is -0.314. The van der Waals surface area contributed by atoms with Crippen LogP contribution >= 0.6 is 15.9 Å². The molecule has 2 N–H and O–H groups in total. The molecule has 4 rings (SSSR count). The first-order chi connectivity index (χ1) is 14.4. The minimum Gasteiger partial charge on any atom is -0.478 e. The number of amides is 1. The number of nitrogens with one attached hydrogen (secondary N) is 1. The Morgan fingerprint density at radius 1 is 1.07 bits per heavy atom. The molecule has 0 unspecified atom stereocenters. The molecule has 8 heteroatoms. The highest BCUT2D eigenvalue weighted by molar-refractivity contribution is 9.10. The molecule has 0 aliphatic carbocycles. The van der Waals surface area contributed by atoms with Gasteiger partial charge >= 0.3 is 11.9 Å². The maximum atomic E-state index is 12.2. The Balaban J connectivity index is 1.45. The zero-order valence-corrected chi connectivity index (χ0v) is 17.3. The third-order valence-corrected chi connectivity index (χ3v) is 4.92. The van der Waals surface area contributed by atoms with Crippen molar-refractivity contribution in [2.24, 2.45) is 5.10 Å².